The van der Waals surface area contributed by atoms with E-state index in [1.165, 1.54) is 0 Å². The van der Waals surface area contributed by atoms with Gasteiger partial charge in [-0.15, -0.1) is 0 Å². The van der Waals surface area contributed by atoms with Gasteiger partial charge < -0.3 is 5.11 Å². The van der Waals surface area contributed by atoms with Crippen LogP contribution in [-0.4, -0.2) is 5.11 Å². The van der Waals surface area contributed by atoms with Gasteiger partial charge >= 0.3 is 0 Å². The average Bonchev–Trinajstić information content (AvgIpc) is 2.47. The molecule has 0 atom stereocenters. The fourth-order valence-corrected chi connectivity index (χ4v) is 2.78. The molecule has 2 aromatic rings. The summed E-state index contributed by atoms with van der Waals surface area (Å²) < 4.78 is 0. The van der Waals surface area contributed by atoms with Gasteiger partial charge in [-0.3, -0.25) is 0 Å². The predicted molar refractivity (Wildman–Crippen MR) is 98.8 cm³/mol. The van der Waals surface area contributed by atoms with E-state index in [9.17, 15) is 10.3 Å². The minimum atomic E-state index is -0.194. The molecule has 0 saturated carbocycles. The molecular weight excluding hydrogens is 298 g/mol. The molecule has 3 nitrogen and oxygen atoms in total. The molecule has 1 N–H and O–H groups in total. The molecule has 2 aromatic carbocycles. The highest BCUT2D eigenvalue weighted by Crippen LogP contribution is 2.40. The van der Waals surface area contributed by atoms with E-state index in [2.05, 4.69) is 41.5 Å². The third kappa shape index (κ3) is 4.09. The number of hydrogen-bond donors (Lipinski definition) is 1. The van der Waals surface area contributed by atoms with Gasteiger partial charge in [0, 0.05) is 0 Å². The lowest BCUT2D eigenvalue weighted by Gasteiger charge is -2.28. The van der Waals surface area contributed by atoms with Crippen molar-refractivity contribution >= 4 is 5.69 Å². The van der Waals surface area contributed by atoms with Crippen LogP contribution in [0.5, 0.6) is 5.75 Å². The normalized spacial score (nSPS) is 12.3. The van der Waals surface area contributed by atoms with Crippen molar-refractivity contribution in [2.75, 3.05) is 5.06 Å². The number of rotatable bonds is 3. The first kappa shape index (κ1) is 18.3. The summed E-state index contributed by atoms with van der Waals surface area (Å²) in [6.45, 7) is 12.7. The summed E-state index contributed by atoms with van der Waals surface area (Å²) in [6, 6.07) is 13.1. The molecule has 0 spiro atoms. The summed E-state index contributed by atoms with van der Waals surface area (Å²) >= 11 is 0. The van der Waals surface area contributed by atoms with Crippen molar-refractivity contribution in [2.24, 2.45) is 0 Å². The zero-order valence-electron chi connectivity index (χ0n) is 15.6. The van der Waals surface area contributed by atoms with Crippen LogP contribution in [0.15, 0.2) is 42.5 Å². The molecule has 0 heterocycles. The van der Waals surface area contributed by atoms with Crippen LogP contribution in [0, 0.1) is 0 Å². The maximum absolute atomic E-state index is 12.5. The smallest absolute Gasteiger partial charge is 0.123 e. The average molecular weight is 326 g/mol. The van der Waals surface area contributed by atoms with Crippen LogP contribution >= 0.6 is 0 Å². The molecule has 0 aliphatic rings. The van der Waals surface area contributed by atoms with Crippen molar-refractivity contribution < 1.29 is 10.3 Å². The second-order valence-electron chi connectivity index (χ2n) is 8.41. The Balaban J connectivity index is 2.47. The van der Waals surface area contributed by atoms with Crippen molar-refractivity contribution in [1.82, 2.24) is 0 Å². The van der Waals surface area contributed by atoms with Crippen molar-refractivity contribution in [3.05, 3.63) is 59.2 Å². The van der Waals surface area contributed by atoms with E-state index < -0.39 is 0 Å². The van der Waals surface area contributed by atoms with Gasteiger partial charge in [0.05, 0.1) is 12.2 Å². The molecule has 3 heteroatoms. The molecule has 24 heavy (non-hydrogen) atoms. The Morgan fingerprint density at radius 2 is 1.33 bits per heavy atom. The molecule has 0 aliphatic carbocycles. The first-order chi connectivity index (χ1) is 11.0. The van der Waals surface area contributed by atoms with E-state index in [1.54, 1.807) is 0 Å². The number of aromatic hydroxyl groups is 1. The van der Waals surface area contributed by atoms with E-state index in [-0.39, 0.29) is 17.4 Å². The number of benzene rings is 2. The second-order valence-corrected chi connectivity index (χ2v) is 8.41. The fourth-order valence-electron chi connectivity index (χ4n) is 2.78. The monoisotopic (exact) mass is 326 g/mol. The number of para-hydroxylation sites is 1. The van der Waals surface area contributed by atoms with Crippen LogP contribution in [0.25, 0.3) is 0 Å². The van der Waals surface area contributed by atoms with Gasteiger partial charge in [0.2, 0.25) is 0 Å². The highest BCUT2D eigenvalue weighted by molar-refractivity contribution is 5.51. The fraction of sp³-hybridized carbons (Fsp3) is 0.429. The Morgan fingerprint density at radius 3 is 1.75 bits per heavy atom. The van der Waals surface area contributed by atoms with Crippen LogP contribution < -0.4 is 5.06 Å². The molecule has 1 radical (unpaired) electrons. The number of nitrogens with zero attached hydrogens (tertiary/aromatic N) is 1. The molecule has 0 unspecified atom stereocenters. The lowest BCUT2D eigenvalue weighted by Crippen LogP contribution is -2.20. The Hall–Kier alpha value is -2.00. The van der Waals surface area contributed by atoms with Gasteiger partial charge in [0.15, 0.2) is 0 Å². The Morgan fingerprint density at radius 1 is 0.875 bits per heavy atom. The van der Waals surface area contributed by atoms with Crippen LogP contribution in [-0.2, 0) is 22.6 Å². The molecule has 2 rings (SSSR count). The highest BCUT2D eigenvalue weighted by atomic mass is 16.5. The zero-order valence-corrected chi connectivity index (χ0v) is 15.6. The first-order valence-corrected chi connectivity index (χ1v) is 8.36. The molecular formula is C21H28NO2. The quantitative estimate of drug-likeness (QED) is 0.774. The topological polar surface area (TPSA) is 43.4 Å². The Kier molecular flexibility index (Phi) is 4.95. The molecule has 0 amide bonds. The Bertz CT molecular complexity index is 659. The van der Waals surface area contributed by atoms with E-state index in [1.807, 2.05) is 42.5 Å². The predicted octanol–water partition coefficient (Wildman–Crippen LogP) is 5.34. The van der Waals surface area contributed by atoms with Crippen molar-refractivity contribution in [3.63, 3.8) is 0 Å². The number of hydrogen-bond acceptors (Lipinski definition) is 2. The van der Waals surface area contributed by atoms with Crippen molar-refractivity contribution in [3.8, 4) is 5.75 Å². The third-order valence-electron chi connectivity index (χ3n) is 4.16. The third-order valence-corrected chi connectivity index (χ3v) is 4.16. The zero-order chi connectivity index (χ0) is 18.1. The van der Waals surface area contributed by atoms with Gasteiger partial charge in [-0.1, -0.05) is 64.9 Å². The molecule has 0 aromatic heterocycles. The van der Waals surface area contributed by atoms with E-state index >= 15 is 0 Å². The van der Waals surface area contributed by atoms with Crippen molar-refractivity contribution in [1.29, 1.82) is 0 Å². The van der Waals surface area contributed by atoms with Crippen LogP contribution in [0.4, 0.5) is 5.69 Å². The molecule has 0 aliphatic heterocycles. The SMILES string of the molecule is CC(C)(C)c1cc(CN([O])c2ccccc2)cc(C(C)(C)C)c1O. The van der Waals surface area contributed by atoms with Gasteiger partial charge in [0.25, 0.3) is 0 Å². The molecule has 0 bridgehead atoms. The van der Waals surface area contributed by atoms with Gasteiger partial charge in [-0.05, 0) is 51.8 Å². The van der Waals surface area contributed by atoms with Gasteiger partial charge in [-0.2, -0.15) is 0 Å². The first-order valence-electron chi connectivity index (χ1n) is 8.36. The summed E-state index contributed by atoms with van der Waals surface area (Å²) in [4.78, 5) is 0. The summed E-state index contributed by atoms with van der Waals surface area (Å²) in [5.74, 6) is 0.343. The standard InChI is InChI=1S/C21H28NO2/c1-20(2,3)17-12-15(13-18(19(17)23)21(4,5)6)14-22(24)16-10-8-7-9-11-16/h7-13,23H,14H2,1-6H3. The minimum Gasteiger partial charge on any atom is -0.507 e. The van der Waals surface area contributed by atoms with Crippen LogP contribution in [0.2, 0.25) is 0 Å². The number of phenols is 1. The summed E-state index contributed by atoms with van der Waals surface area (Å²) in [5, 5.41) is 24.2. The summed E-state index contributed by atoms with van der Waals surface area (Å²) in [6.07, 6.45) is 0. The van der Waals surface area contributed by atoms with Gasteiger partial charge in [-0.25, -0.2) is 5.06 Å². The number of phenolic OH excluding ortho intramolecular Hbond substituents is 1. The van der Waals surface area contributed by atoms with E-state index in [0.717, 1.165) is 21.8 Å². The maximum Gasteiger partial charge on any atom is 0.123 e. The van der Waals surface area contributed by atoms with Gasteiger partial charge in [0.1, 0.15) is 5.75 Å². The van der Waals surface area contributed by atoms with Crippen LogP contribution in [0.3, 0.4) is 0 Å². The lowest BCUT2D eigenvalue weighted by molar-refractivity contribution is 0.154. The minimum absolute atomic E-state index is 0.194. The van der Waals surface area contributed by atoms with E-state index in [0.29, 0.717) is 11.4 Å². The molecule has 129 valence electrons. The highest BCUT2D eigenvalue weighted by Gasteiger charge is 2.26. The largest absolute Gasteiger partial charge is 0.507 e. The second kappa shape index (κ2) is 6.48. The molecule has 0 fully saturated rings. The molecule has 0 saturated heterocycles. The summed E-state index contributed by atoms with van der Waals surface area (Å²) in [7, 11) is 0. The number of hydroxylamine groups is 1. The number of anilines is 1. The lowest BCUT2D eigenvalue weighted by atomic mass is 9.78. The van der Waals surface area contributed by atoms with E-state index in [4.69, 9.17) is 0 Å². The van der Waals surface area contributed by atoms with Crippen LogP contribution in [0.1, 0.15) is 58.2 Å². The Labute approximate surface area is 145 Å². The summed E-state index contributed by atoms with van der Waals surface area (Å²) in [5.41, 5.74) is 2.93. The van der Waals surface area contributed by atoms with Crippen molar-refractivity contribution in [2.45, 2.75) is 58.9 Å². The maximum atomic E-state index is 12.5.